The smallest absolute Gasteiger partial charge is 0.224 e. The lowest BCUT2D eigenvalue weighted by Gasteiger charge is -2.28. The van der Waals surface area contributed by atoms with Crippen molar-refractivity contribution in [2.75, 3.05) is 26.7 Å². The van der Waals surface area contributed by atoms with Crippen LogP contribution in [-0.2, 0) is 11.2 Å². The quantitative estimate of drug-likeness (QED) is 0.838. The third kappa shape index (κ3) is 4.36. The van der Waals surface area contributed by atoms with Crippen LogP contribution in [0.25, 0.3) is 0 Å². The standard InChI is InChI=1S/C19H24N2O2S/c1-23-17-6-4-16(5-7-17)18(21-9-2-3-10-21)13-20-19(22)12-15-8-11-24-14-15/h4-8,11,14,18H,2-3,9-10,12-13H2,1H3,(H,20,22)/t18-/m1/s1. The van der Waals surface area contributed by atoms with Crippen molar-refractivity contribution >= 4 is 17.2 Å². The number of nitrogens with one attached hydrogen (secondary N) is 1. The van der Waals surface area contributed by atoms with Crippen molar-refractivity contribution in [3.8, 4) is 5.75 Å². The van der Waals surface area contributed by atoms with Gasteiger partial charge < -0.3 is 10.1 Å². The lowest BCUT2D eigenvalue weighted by molar-refractivity contribution is -0.120. The Hall–Kier alpha value is -1.85. The first-order valence-corrected chi connectivity index (χ1v) is 9.36. The molecule has 1 fully saturated rings. The highest BCUT2D eigenvalue weighted by Crippen LogP contribution is 2.26. The Kier molecular flexibility index (Phi) is 5.88. The number of nitrogens with zero attached hydrogens (tertiary/aromatic N) is 1. The van der Waals surface area contributed by atoms with Gasteiger partial charge in [0.05, 0.1) is 19.6 Å². The molecule has 0 saturated carbocycles. The highest BCUT2D eigenvalue weighted by Gasteiger charge is 2.24. The van der Waals surface area contributed by atoms with Crippen molar-refractivity contribution in [1.82, 2.24) is 10.2 Å². The molecule has 0 bridgehead atoms. The summed E-state index contributed by atoms with van der Waals surface area (Å²) in [5, 5.41) is 7.15. The van der Waals surface area contributed by atoms with Crippen LogP contribution in [0.2, 0.25) is 0 Å². The lowest BCUT2D eigenvalue weighted by Crippen LogP contribution is -2.37. The number of hydrogen-bond donors (Lipinski definition) is 1. The maximum absolute atomic E-state index is 12.2. The predicted octanol–water partition coefficient (Wildman–Crippen LogP) is 3.25. The topological polar surface area (TPSA) is 41.6 Å². The second-order valence-corrected chi connectivity index (χ2v) is 6.92. The zero-order chi connectivity index (χ0) is 16.8. The molecular weight excluding hydrogens is 320 g/mol. The van der Waals surface area contributed by atoms with Gasteiger partial charge in [-0.3, -0.25) is 9.69 Å². The van der Waals surface area contributed by atoms with E-state index in [1.807, 2.05) is 29.0 Å². The minimum absolute atomic E-state index is 0.0890. The van der Waals surface area contributed by atoms with Crippen molar-refractivity contribution in [1.29, 1.82) is 0 Å². The molecule has 0 spiro atoms. The van der Waals surface area contributed by atoms with Crippen LogP contribution in [0.5, 0.6) is 5.75 Å². The molecular formula is C19H24N2O2S. The van der Waals surface area contributed by atoms with E-state index in [9.17, 15) is 4.79 Å². The van der Waals surface area contributed by atoms with Gasteiger partial charge in [-0.25, -0.2) is 0 Å². The molecule has 1 aliphatic heterocycles. The zero-order valence-corrected chi connectivity index (χ0v) is 14.8. The van der Waals surface area contributed by atoms with Gasteiger partial charge in [0.2, 0.25) is 5.91 Å². The fourth-order valence-electron chi connectivity index (χ4n) is 3.19. The minimum atomic E-state index is 0.0890. The van der Waals surface area contributed by atoms with Gasteiger partial charge in [-0.2, -0.15) is 11.3 Å². The number of hydrogen-bond acceptors (Lipinski definition) is 4. The number of amides is 1. The Morgan fingerprint density at radius 1 is 1.25 bits per heavy atom. The van der Waals surface area contributed by atoms with Crippen molar-refractivity contribution in [2.45, 2.75) is 25.3 Å². The molecule has 1 aromatic carbocycles. The molecule has 1 saturated heterocycles. The number of methoxy groups -OCH3 is 1. The van der Waals surface area contributed by atoms with Gasteiger partial charge in [-0.05, 0) is 66.0 Å². The summed E-state index contributed by atoms with van der Waals surface area (Å²) in [7, 11) is 1.68. The van der Waals surface area contributed by atoms with E-state index in [4.69, 9.17) is 4.74 Å². The summed E-state index contributed by atoms with van der Waals surface area (Å²) in [6.07, 6.45) is 2.92. The van der Waals surface area contributed by atoms with Crippen LogP contribution in [-0.4, -0.2) is 37.6 Å². The Labute approximate surface area is 147 Å². The molecule has 1 aliphatic rings. The van der Waals surface area contributed by atoms with Crippen molar-refractivity contribution in [3.63, 3.8) is 0 Å². The van der Waals surface area contributed by atoms with Crippen LogP contribution >= 0.6 is 11.3 Å². The van der Waals surface area contributed by atoms with Crippen LogP contribution in [0.15, 0.2) is 41.1 Å². The van der Waals surface area contributed by atoms with Gasteiger partial charge in [-0.15, -0.1) is 0 Å². The molecule has 128 valence electrons. The van der Waals surface area contributed by atoms with E-state index >= 15 is 0 Å². The first-order chi connectivity index (χ1) is 11.8. The van der Waals surface area contributed by atoms with E-state index in [1.165, 1.54) is 18.4 Å². The number of ether oxygens (including phenoxy) is 1. The number of rotatable bonds is 7. The largest absolute Gasteiger partial charge is 0.497 e. The molecule has 2 aromatic rings. The maximum atomic E-state index is 12.2. The highest BCUT2D eigenvalue weighted by molar-refractivity contribution is 7.07. The molecule has 24 heavy (non-hydrogen) atoms. The summed E-state index contributed by atoms with van der Waals surface area (Å²) >= 11 is 1.63. The molecule has 1 amide bonds. The second kappa shape index (κ2) is 8.31. The van der Waals surface area contributed by atoms with Gasteiger partial charge in [0.1, 0.15) is 5.75 Å². The first kappa shape index (κ1) is 17.0. The monoisotopic (exact) mass is 344 g/mol. The van der Waals surface area contributed by atoms with Gasteiger partial charge in [0, 0.05) is 6.54 Å². The Morgan fingerprint density at radius 2 is 2.00 bits per heavy atom. The molecule has 0 aliphatic carbocycles. The van der Waals surface area contributed by atoms with Crippen LogP contribution in [0.4, 0.5) is 0 Å². The fraction of sp³-hybridized carbons (Fsp3) is 0.421. The Bertz CT molecular complexity index is 634. The lowest BCUT2D eigenvalue weighted by atomic mass is 10.0. The van der Waals surface area contributed by atoms with E-state index in [1.54, 1.807) is 18.4 Å². The summed E-state index contributed by atoms with van der Waals surface area (Å²) in [6.45, 7) is 2.84. The minimum Gasteiger partial charge on any atom is -0.497 e. The van der Waals surface area contributed by atoms with Gasteiger partial charge >= 0.3 is 0 Å². The molecule has 0 unspecified atom stereocenters. The van der Waals surface area contributed by atoms with E-state index < -0.39 is 0 Å². The van der Waals surface area contributed by atoms with Crippen LogP contribution in [0.3, 0.4) is 0 Å². The third-order valence-corrected chi connectivity index (χ3v) is 5.25. The predicted molar refractivity (Wildman–Crippen MR) is 97.6 cm³/mol. The molecule has 3 rings (SSSR count). The van der Waals surface area contributed by atoms with E-state index in [-0.39, 0.29) is 11.9 Å². The summed E-state index contributed by atoms with van der Waals surface area (Å²) in [4.78, 5) is 14.7. The Balaban J connectivity index is 1.64. The summed E-state index contributed by atoms with van der Waals surface area (Å²) in [6, 6.07) is 10.4. The van der Waals surface area contributed by atoms with Crippen molar-refractivity contribution in [2.24, 2.45) is 0 Å². The van der Waals surface area contributed by atoms with E-state index in [0.717, 1.165) is 24.4 Å². The van der Waals surface area contributed by atoms with Crippen molar-refractivity contribution < 1.29 is 9.53 Å². The normalized spacial score (nSPS) is 16.0. The van der Waals surface area contributed by atoms with Gasteiger partial charge in [-0.1, -0.05) is 12.1 Å². The Morgan fingerprint density at radius 3 is 2.62 bits per heavy atom. The molecule has 4 nitrogen and oxygen atoms in total. The summed E-state index contributed by atoms with van der Waals surface area (Å²) in [5.74, 6) is 0.950. The molecule has 2 heterocycles. The van der Waals surface area contributed by atoms with Crippen LogP contribution in [0.1, 0.15) is 30.0 Å². The van der Waals surface area contributed by atoms with Gasteiger partial charge in [0.25, 0.3) is 0 Å². The average Bonchev–Trinajstić information content (AvgIpc) is 3.30. The molecule has 5 heteroatoms. The number of likely N-dealkylation sites (tertiary alicyclic amines) is 1. The summed E-state index contributed by atoms with van der Waals surface area (Å²) < 4.78 is 5.25. The average molecular weight is 344 g/mol. The fourth-order valence-corrected chi connectivity index (χ4v) is 3.86. The number of carbonyl (C=O) groups excluding carboxylic acids is 1. The van der Waals surface area contributed by atoms with E-state index in [0.29, 0.717) is 13.0 Å². The molecule has 1 N–H and O–H groups in total. The zero-order valence-electron chi connectivity index (χ0n) is 14.0. The second-order valence-electron chi connectivity index (χ2n) is 6.14. The number of benzene rings is 1. The van der Waals surface area contributed by atoms with Gasteiger partial charge in [0.15, 0.2) is 0 Å². The third-order valence-electron chi connectivity index (χ3n) is 4.52. The SMILES string of the molecule is COc1ccc([C@@H](CNC(=O)Cc2ccsc2)N2CCCC2)cc1. The molecule has 1 atom stereocenters. The van der Waals surface area contributed by atoms with Crippen LogP contribution in [0, 0.1) is 0 Å². The van der Waals surface area contributed by atoms with Crippen molar-refractivity contribution in [3.05, 3.63) is 52.2 Å². The highest BCUT2D eigenvalue weighted by atomic mass is 32.1. The maximum Gasteiger partial charge on any atom is 0.224 e. The first-order valence-electron chi connectivity index (χ1n) is 8.42. The van der Waals surface area contributed by atoms with Crippen LogP contribution < -0.4 is 10.1 Å². The van der Waals surface area contributed by atoms with E-state index in [2.05, 4.69) is 22.3 Å². The summed E-state index contributed by atoms with van der Waals surface area (Å²) in [5.41, 5.74) is 2.31. The number of carbonyl (C=O) groups is 1. The molecule has 1 aromatic heterocycles. The molecule has 0 radical (unpaired) electrons. The number of thiophene rings is 1.